The lowest BCUT2D eigenvalue weighted by atomic mass is 9.61. The first kappa shape index (κ1) is 53.9. The molecule has 2 aliphatic carbocycles. The van der Waals surface area contributed by atoms with E-state index in [2.05, 4.69) is 39.3 Å². The molecule has 1 spiro atoms. The average molecular weight is 1030 g/mol. The molecule has 2 amide bonds. The number of aromatic nitrogens is 4. The molecule has 9 rings (SSSR count). The summed E-state index contributed by atoms with van der Waals surface area (Å²) in [6.07, 6.45) is 15.2. The summed E-state index contributed by atoms with van der Waals surface area (Å²) in [5, 5.41) is 38.8. The van der Waals surface area contributed by atoms with Crippen LogP contribution in [0.2, 0.25) is 0 Å². The van der Waals surface area contributed by atoms with Gasteiger partial charge in [-0.25, -0.2) is 9.78 Å². The number of ether oxygens (including phenoxy) is 3. The van der Waals surface area contributed by atoms with Gasteiger partial charge in [-0.3, -0.25) is 19.8 Å². The van der Waals surface area contributed by atoms with E-state index in [1.165, 1.54) is 50.1 Å². The van der Waals surface area contributed by atoms with Crippen LogP contribution in [0.3, 0.4) is 0 Å². The third-order valence-corrected chi connectivity index (χ3v) is 14.6. The Hall–Kier alpha value is -6.84. The van der Waals surface area contributed by atoms with Crippen LogP contribution in [0, 0.1) is 36.0 Å². The quantitative estimate of drug-likeness (QED) is 0.105. The van der Waals surface area contributed by atoms with Crippen LogP contribution >= 0.6 is 22.9 Å². The molecule has 19 heteroatoms. The molecule has 1 saturated heterocycles. The molecule has 73 heavy (non-hydrogen) atoms. The number of rotatable bonds is 11. The van der Waals surface area contributed by atoms with Crippen molar-refractivity contribution in [2.45, 2.75) is 136 Å². The molecule has 3 fully saturated rings. The van der Waals surface area contributed by atoms with E-state index < -0.39 is 17.6 Å². The summed E-state index contributed by atoms with van der Waals surface area (Å²) in [6, 6.07) is 14.0. The van der Waals surface area contributed by atoms with Crippen molar-refractivity contribution in [3.05, 3.63) is 106 Å². The molecule has 386 valence electrons. The van der Waals surface area contributed by atoms with E-state index in [4.69, 9.17) is 51.0 Å². The van der Waals surface area contributed by atoms with Crippen molar-refractivity contribution >= 4 is 57.5 Å². The van der Waals surface area contributed by atoms with Crippen molar-refractivity contribution < 1.29 is 33.3 Å². The number of thiophene rings is 1. The Labute approximate surface area is 435 Å². The second-order valence-electron chi connectivity index (χ2n) is 19.4. The number of phenols is 1. The number of piperidine rings is 1. The van der Waals surface area contributed by atoms with Crippen LogP contribution in [0.15, 0.2) is 81.5 Å². The second kappa shape index (κ2) is 23.8. The zero-order valence-electron chi connectivity index (χ0n) is 42.8. The predicted octanol–water partition coefficient (Wildman–Crippen LogP) is 11.2. The van der Waals surface area contributed by atoms with E-state index in [1.807, 2.05) is 74.4 Å². The van der Waals surface area contributed by atoms with Crippen molar-refractivity contribution in [1.29, 1.82) is 10.7 Å². The number of aliphatic imine (C=N–C) groups is 2. The molecule has 0 radical (unpaired) electrons. The number of benzene rings is 2. The normalized spacial score (nSPS) is 17.5. The smallest absolute Gasteiger partial charge is 0.410 e. The Kier molecular flexibility index (Phi) is 17.6. The fraction of sp³-hybridized carbons (Fsp3) is 0.463. The number of likely N-dealkylation sites (tertiary alicyclic amines) is 1. The van der Waals surface area contributed by atoms with Crippen LogP contribution in [0.5, 0.6) is 17.2 Å². The highest BCUT2D eigenvalue weighted by Crippen LogP contribution is 2.50. The zero-order chi connectivity index (χ0) is 52.5. The maximum atomic E-state index is 12.7. The predicted molar refractivity (Wildman–Crippen MR) is 282 cm³/mol. The number of hydrogen-bond donors (Lipinski definition) is 3. The molecule has 3 aromatic heterocycles. The summed E-state index contributed by atoms with van der Waals surface area (Å²) < 4.78 is 24.5. The van der Waals surface area contributed by atoms with E-state index >= 15 is 0 Å². The van der Waals surface area contributed by atoms with Crippen molar-refractivity contribution in [3.8, 4) is 28.3 Å². The van der Waals surface area contributed by atoms with Gasteiger partial charge in [0.2, 0.25) is 0 Å². The SMILES string of the molecule is CC.COc1cc(O)ccc1C#N.Cc1sc2c(c1C)C(c1ccc(OC3CC4(CCN(C(=O)OC(C)(C)C)CC4)C3)cc1)=NC(Cc1ncco1)c1nnc(/N=C(Cl)/C=C\C(=N)C(=O)NC3CCCCC3)n1-2. The number of amides is 2. The minimum atomic E-state index is -0.538. The van der Waals surface area contributed by atoms with Crippen molar-refractivity contribution in [1.82, 2.24) is 30.0 Å². The van der Waals surface area contributed by atoms with E-state index in [-0.39, 0.29) is 46.2 Å². The van der Waals surface area contributed by atoms with Gasteiger partial charge in [0.1, 0.15) is 57.1 Å². The Morgan fingerprint density at radius 1 is 1.07 bits per heavy atom. The Morgan fingerprint density at radius 3 is 2.42 bits per heavy atom. The molecule has 3 N–H and O–H groups in total. The van der Waals surface area contributed by atoms with Crippen molar-refractivity contribution in [3.63, 3.8) is 0 Å². The summed E-state index contributed by atoms with van der Waals surface area (Å²) in [5.74, 6) is 2.15. The first-order valence-corrected chi connectivity index (χ1v) is 26.1. The molecular formula is C54H65ClN10O7S. The first-order chi connectivity index (χ1) is 35.0. The molecule has 4 aliphatic rings. The van der Waals surface area contributed by atoms with E-state index in [0.717, 1.165) is 89.4 Å². The van der Waals surface area contributed by atoms with Gasteiger partial charge in [-0.15, -0.1) is 21.5 Å². The second-order valence-corrected chi connectivity index (χ2v) is 21.0. The molecule has 17 nitrogen and oxygen atoms in total. The molecule has 1 atom stereocenters. The van der Waals surface area contributed by atoms with Crippen LogP contribution < -0.4 is 14.8 Å². The molecule has 2 saturated carbocycles. The Morgan fingerprint density at radius 2 is 1.78 bits per heavy atom. The minimum absolute atomic E-state index is 0.0424. The largest absolute Gasteiger partial charge is 0.508 e. The van der Waals surface area contributed by atoms with Gasteiger partial charge < -0.3 is 34.0 Å². The van der Waals surface area contributed by atoms with E-state index in [9.17, 15) is 9.59 Å². The van der Waals surface area contributed by atoms with Crippen LogP contribution in [-0.4, -0.2) is 96.3 Å². The lowest BCUT2D eigenvalue weighted by Crippen LogP contribution is -2.52. The topological polar surface area (TPSA) is 226 Å². The van der Waals surface area contributed by atoms with Gasteiger partial charge in [0.25, 0.3) is 11.9 Å². The first-order valence-electron chi connectivity index (χ1n) is 24.9. The number of hydrogen-bond acceptors (Lipinski definition) is 15. The summed E-state index contributed by atoms with van der Waals surface area (Å²) in [4.78, 5) is 42.6. The monoisotopic (exact) mass is 1030 g/mol. The third kappa shape index (κ3) is 13.2. The van der Waals surface area contributed by atoms with Crippen molar-refractivity contribution in [2.75, 3.05) is 20.2 Å². The number of fused-ring (bicyclic) bond motifs is 3. The van der Waals surface area contributed by atoms with E-state index in [1.54, 1.807) is 17.5 Å². The van der Waals surface area contributed by atoms with Gasteiger partial charge in [0, 0.05) is 41.2 Å². The van der Waals surface area contributed by atoms with Gasteiger partial charge in [-0.1, -0.05) is 44.7 Å². The number of phenolic OH excluding ortho intramolecular Hbond substituents is 1. The van der Waals surface area contributed by atoms with Gasteiger partial charge in [-0.2, -0.15) is 10.3 Å². The van der Waals surface area contributed by atoms with Gasteiger partial charge in [-0.05, 0) is 133 Å². The van der Waals surface area contributed by atoms with Crippen LogP contribution in [0.4, 0.5) is 10.7 Å². The number of carbonyl (C=O) groups excluding carboxylic acids is 2. The summed E-state index contributed by atoms with van der Waals surface area (Å²) >= 11 is 8.25. The fourth-order valence-electron chi connectivity index (χ4n) is 9.38. The van der Waals surface area contributed by atoms with Crippen LogP contribution in [0.1, 0.15) is 137 Å². The number of nitriles is 1. The summed E-state index contributed by atoms with van der Waals surface area (Å²) in [7, 11) is 1.45. The molecule has 5 heterocycles. The summed E-state index contributed by atoms with van der Waals surface area (Å²) in [5.41, 5.74) is 3.64. The maximum Gasteiger partial charge on any atom is 0.410 e. The molecular weight excluding hydrogens is 968 g/mol. The zero-order valence-corrected chi connectivity index (χ0v) is 44.4. The highest BCUT2D eigenvalue weighted by atomic mass is 35.5. The minimum Gasteiger partial charge on any atom is -0.508 e. The highest BCUT2D eigenvalue weighted by Gasteiger charge is 2.48. The molecule has 0 bridgehead atoms. The van der Waals surface area contributed by atoms with Crippen LogP contribution in [-0.2, 0) is 16.0 Å². The fourth-order valence-corrected chi connectivity index (χ4v) is 10.7. The number of allylic oxidation sites excluding steroid dienone is 1. The molecule has 2 aliphatic heterocycles. The number of aryl methyl sites for hydroxylation is 1. The lowest BCUT2D eigenvalue weighted by molar-refractivity contribution is -0.115. The lowest BCUT2D eigenvalue weighted by Gasteiger charge is -2.51. The number of halogens is 1. The number of oxazole rings is 1. The number of nitrogens with one attached hydrogen (secondary N) is 2. The third-order valence-electron chi connectivity index (χ3n) is 13.2. The van der Waals surface area contributed by atoms with Gasteiger partial charge >= 0.3 is 6.09 Å². The Bertz CT molecular complexity index is 2870. The maximum absolute atomic E-state index is 12.7. The van der Waals surface area contributed by atoms with Crippen LogP contribution in [0.25, 0.3) is 5.00 Å². The van der Waals surface area contributed by atoms with E-state index in [0.29, 0.717) is 42.5 Å². The van der Waals surface area contributed by atoms with Gasteiger partial charge in [0.05, 0.1) is 37.1 Å². The number of nitrogens with zero attached hydrogens (tertiary/aromatic N) is 8. The number of carbonyl (C=O) groups is 2. The Balaban J connectivity index is 0.000000528. The highest BCUT2D eigenvalue weighted by molar-refractivity contribution is 7.15. The standard InChI is InChI=1S/C44H52ClN9O5S.C8H7NO2.C2H6/c1-26-27(2)60-40-36(26)37(28-11-13-30(14-12-28)58-31-24-44(25-31)17-20-53(21-18-44)42(56)59-43(3,4)5)49-33(23-35-47-19-22-57-35)38-51-52-41(54(38)40)50-34(45)16-15-32(46)39(55)48-29-9-7-6-8-10-29;1-11-8-4-7(10)3-2-6(8)5-9;1-2/h11-16,19,22,29,31,33,46H,6-10,17-18,20-21,23-25H2,1-5H3,(H,48,55);2-4,10H,1H3;1-2H3/b16-15-,46-32?,50-34-;;. The molecule has 1 unspecified atom stereocenters. The van der Waals surface area contributed by atoms with Gasteiger partial charge in [0.15, 0.2) is 11.7 Å². The van der Waals surface area contributed by atoms with Crippen molar-refractivity contribution in [2.24, 2.45) is 15.4 Å². The number of methoxy groups -OCH3 is 1. The number of aromatic hydroxyl groups is 1. The average Bonchev–Trinajstić information content (AvgIpc) is 4.09. The summed E-state index contributed by atoms with van der Waals surface area (Å²) in [6.45, 7) is 15.3. The molecule has 5 aromatic rings. The molecule has 2 aromatic carbocycles.